The van der Waals surface area contributed by atoms with Crippen LogP contribution in [0.4, 0.5) is 0 Å². The van der Waals surface area contributed by atoms with Gasteiger partial charge in [0.2, 0.25) is 0 Å². The van der Waals surface area contributed by atoms with E-state index in [1.165, 1.54) is 0 Å². The van der Waals surface area contributed by atoms with Gasteiger partial charge in [0.05, 0.1) is 12.4 Å². The van der Waals surface area contributed by atoms with Crippen LogP contribution in [0, 0.1) is 0 Å². The van der Waals surface area contributed by atoms with Crippen molar-refractivity contribution in [2.45, 2.75) is 0 Å². The minimum atomic E-state index is 1.06. The van der Waals surface area contributed by atoms with Gasteiger partial charge in [-0.2, -0.15) is 5.10 Å². The summed E-state index contributed by atoms with van der Waals surface area (Å²) in [6.45, 7) is 0. The standard InChI is InChI=1S/C8H11N4/c1-10-6-3-7-12(10)8-4-5-9-11(8)2/h3-7H,1-2H3/q+1. The predicted molar refractivity (Wildman–Crippen MR) is 43.7 cm³/mol. The first-order chi connectivity index (χ1) is 5.79. The molecular formula is C8H11N4+. The highest BCUT2D eigenvalue weighted by atomic mass is 15.4. The molecule has 0 bridgehead atoms. The average Bonchev–Trinajstić information content (AvgIpc) is 2.59. The summed E-state index contributed by atoms with van der Waals surface area (Å²) in [5, 5.41) is 4.10. The van der Waals surface area contributed by atoms with Crippen LogP contribution < -0.4 is 4.68 Å². The van der Waals surface area contributed by atoms with Crippen molar-refractivity contribution in [3.63, 3.8) is 0 Å². The Kier molecular flexibility index (Phi) is 1.46. The maximum absolute atomic E-state index is 4.10. The molecule has 4 heteroatoms. The number of nitrogens with zero attached hydrogens (tertiary/aromatic N) is 4. The minimum absolute atomic E-state index is 1.06. The summed E-state index contributed by atoms with van der Waals surface area (Å²) in [4.78, 5) is 0. The third kappa shape index (κ3) is 0.922. The third-order valence-electron chi connectivity index (χ3n) is 1.90. The van der Waals surface area contributed by atoms with Gasteiger partial charge in [-0.05, 0) is 0 Å². The van der Waals surface area contributed by atoms with Crippen molar-refractivity contribution >= 4 is 0 Å². The lowest BCUT2D eigenvalue weighted by atomic mass is 10.6. The monoisotopic (exact) mass is 163 g/mol. The van der Waals surface area contributed by atoms with Crippen molar-refractivity contribution in [3.8, 4) is 5.82 Å². The molecule has 0 amide bonds. The first kappa shape index (κ1) is 7.09. The van der Waals surface area contributed by atoms with Crippen LogP contribution in [0.1, 0.15) is 0 Å². The van der Waals surface area contributed by atoms with E-state index in [1.807, 2.05) is 52.7 Å². The Morgan fingerprint density at radius 2 is 2.33 bits per heavy atom. The van der Waals surface area contributed by atoms with Crippen molar-refractivity contribution in [3.05, 3.63) is 30.7 Å². The maximum Gasteiger partial charge on any atom is 0.195 e. The highest BCUT2D eigenvalue weighted by Crippen LogP contribution is 2.00. The van der Waals surface area contributed by atoms with E-state index in [0.29, 0.717) is 0 Å². The number of hydrogen-bond donors (Lipinski definition) is 0. The molecule has 2 aromatic heterocycles. The zero-order valence-corrected chi connectivity index (χ0v) is 7.18. The van der Waals surface area contributed by atoms with E-state index in [9.17, 15) is 0 Å². The normalized spacial score (nSPS) is 10.5. The van der Waals surface area contributed by atoms with Gasteiger partial charge in [0, 0.05) is 19.2 Å². The summed E-state index contributed by atoms with van der Waals surface area (Å²) in [6.07, 6.45) is 5.78. The first-order valence-corrected chi connectivity index (χ1v) is 3.80. The summed E-state index contributed by atoms with van der Waals surface area (Å²) >= 11 is 0. The fourth-order valence-electron chi connectivity index (χ4n) is 1.25. The van der Waals surface area contributed by atoms with Crippen molar-refractivity contribution in [1.29, 1.82) is 0 Å². The summed E-state index contributed by atoms with van der Waals surface area (Å²) in [6, 6.07) is 3.97. The molecule has 0 unspecified atom stereocenters. The molecule has 0 radical (unpaired) electrons. The molecule has 2 rings (SSSR count). The summed E-state index contributed by atoms with van der Waals surface area (Å²) in [7, 11) is 3.92. The Bertz CT molecular complexity index is 347. The van der Waals surface area contributed by atoms with E-state index in [2.05, 4.69) is 5.10 Å². The van der Waals surface area contributed by atoms with E-state index < -0.39 is 0 Å². The second-order valence-electron chi connectivity index (χ2n) is 2.72. The largest absolute Gasteiger partial charge is 0.248 e. The fraction of sp³-hybridized carbons (Fsp3) is 0.250. The molecule has 2 heterocycles. The molecule has 0 aromatic carbocycles. The smallest absolute Gasteiger partial charge is 0.195 e. The Balaban J connectivity index is 2.57. The molecule has 0 aliphatic rings. The van der Waals surface area contributed by atoms with E-state index >= 15 is 0 Å². The molecule has 2 aromatic rings. The second kappa shape index (κ2) is 2.48. The SMILES string of the molecule is Cn1nccc1-n1ccc[n+]1C. The number of aromatic nitrogens is 4. The van der Waals surface area contributed by atoms with Crippen LogP contribution in [-0.2, 0) is 14.1 Å². The van der Waals surface area contributed by atoms with Crippen molar-refractivity contribution in [1.82, 2.24) is 14.5 Å². The van der Waals surface area contributed by atoms with Crippen molar-refractivity contribution in [2.75, 3.05) is 0 Å². The molecule has 12 heavy (non-hydrogen) atoms. The van der Waals surface area contributed by atoms with Gasteiger partial charge in [-0.25, -0.2) is 4.68 Å². The van der Waals surface area contributed by atoms with Crippen LogP contribution >= 0.6 is 0 Å². The van der Waals surface area contributed by atoms with Crippen LogP contribution in [-0.4, -0.2) is 14.5 Å². The minimum Gasteiger partial charge on any atom is -0.248 e. The molecular weight excluding hydrogens is 152 g/mol. The van der Waals surface area contributed by atoms with Crippen LogP contribution in [0.15, 0.2) is 30.7 Å². The van der Waals surface area contributed by atoms with E-state index in [4.69, 9.17) is 0 Å². The molecule has 0 aliphatic heterocycles. The lowest BCUT2D eigenvalue weighted by Crippen LogP contribution is -2.37. The summed E-state index contributed by atoms with van der Waals surface area (Å²) < 4.78 is 5.85. The molecule has 0 saturated carbocycles. The molecule has 62 valence electrons. The molecule has 0 atom stereocenters. The zero-order chi connectivity index (χ0) is 8.55. The summed E-state index contributed by atoms with van der Waals surface area (Å²) in [5.41, 5.74) is 0. The van der Waals surface area contributed by atoms with E-state index in [-0.39, 0.29) is 0 Å². The Morgan fingerprint density at radius 3 is 2.83 bits per heavy atom. The molecule has 0 aliphatic carbocycles. The summed E-state index contributed by atoms with van der Waals surface area (Å²) in [5.74, 6) is 1.06. The van der Waals surface area contributed by atoms with Crippen LogP contribution in [0.25, 0.3) is 5.82 Å². The first-order valence-electron chi connectivity index (χ1n) is 3.80. The van der Waals surface area contributed by atoms with E-state index in [0.717, 1.165) is 5.82 Å². The van der Waals surface area contributed by atoms with Gasteiger partial charge in [-0.3, -0.25) is 0 Å². The number of aryl methyl sites for hydroxylation is 2. The maximum atomic E-state index is 4.10. The van der Waals surface area contributed by atoms with Gasteiger partial charge in [0.25, 0.3) is 0 Å². The Labute approximate surface area is 70.6 Å². The predicted octanol–water partition coefficient (Wildman–Crippen LogP) is 0.0353. The van der Waals surface area contributed by atoms with Crippen molar-refractivity contribution < 1.29 is 4.68 Å². The van der Waals surface area contributed by atoms with Gasteiger partial charge < -0.3 is 0 Å². The van der Waals surface area contributed by atoms with Gasteiger partial charge in [-0.15, -0.1) is 9.36 Å². The lowest BCUT2D eigenvalue weighted by molar-refractivity contribution is -0.744. The zero-order valence-electron chi connectivity index (χ0n) is 7.18. The molecule has 0 saturated heterocycles. The molecule has 0 fully saturated rings. The topological polar surface area (TPSA) is 26.6 Å². The second-order valence-corrected chi connectivity index (χ2v) is 2.72. The van der Waals surface area contributed by atoms with E-state index in [1.54, 1.807) is 6.20 Å². The van der Waals surface area contributed by atoms with Crippen LogP contribution in [0.3, 0.4) is 0 Å². The van der Waals surface area contributed by atoms with Crippen LogP contribution in [0.2, 0.25) is 0 Å². The third-order valence-corrected chi connectivity index (χ3v) is 1.90. The Hall–Kier alpha value is -1.58. The van der Waals surface area contributed by atoms with Crippen LogP contribution in [0.5, 0.6) is 0 Å². The van der Waals surface area contributed by atoms with Crippen molar-refractivity contribution in [2.24, 2.45) is 14.1 Å². The molecule has 0 spiro atoms. The highest BCUT2D eigenvalue weighted by Gasteiger charge is 2.07. The quantitative estimate of drug-likeness (QED) is 0.545. The molecule has 0 N–H and O–H groups in total. The van der Waals surface area contributed by atoms with Gasteiger partial charge in [0.15, 0.2) is 19.1 Å². The lowest BCUT2D eigenvalue weighted by Gasteiger charge is -1.98. The van der Waals surface area contributed by atoms with Gasteiger partial charge >= 0.3 is 0 Å². The Morgan fingerprint density at radius 1 is 1.50 bits per heavy atom. The number of rotatable bonds is 1. The highest BCUT2D eigenvalue weighted by molar-refractivity contribution is 5.17. The average molecular weight is 163 g/mol. The fourth-order valence-corrected chi connectivity index (χ4v) is 1.25. The van der Waals surface area contributed by atoms with Gasteiger partial charge in [0.1, 0.15) is 0 Å². The molecule has 4 nitrogen and oxygen atoms in total. The number of hydrogen-bond acceptors (Lipinski definition) is 1. The van der Waals surface area contributed by atoms with Gasteiger partial charge in [-0.1, -0.05) is 0 Å².